The zero-order chi connectivity index (χ0) is 11.3. The average molecular weight is 333 g/mol. The molecule has 90 valence electrons. The smallest absolute Gasteiger partial charge is 0.195 e. The van der Waals surface area contributed by atoms with Crippen LogP contribution in [0.1, 0.15) is 5.56 Å². The largest absolute Gasteiger partial charge is 0.349 e. The molecule has 0 bridgehead atoms. The van der Waals surface area contributed by atoms with Crippen LogP contribution in [0.5, 0.6) is 0 Å². The molecule has 0 amide bonds. The number of benzene rings is 1. The van der Waals surface area contributed by atoms with Gasteiger partial charge in [-0.15, -0.1) is 24.0 Å². The van der Waals surface area contributed by atoms with Crippen LogP contribution in [-0.4, -0.2) is 44.0 Å². The third-order valence-electron chi connectivity index (χ3n) is 2.05. The molecule has 0 spiro atoms. The van der Waals surface area contributed by atoms with Crippen LogP contribution in [0.4, 0.5) is 0 Å². The van der Waals surface area contributed by atoms with E-state index in [0.29, 0.717) is 0 Å². The van der Waals surface area contributed by atoms with Crippen LogP contribution in [0, 0.1) is 0 Å². The number of halogens is 1. The topological polar surface area (TPSA) is 18.8 Å². The van der Waals surface area contributed by atoms with E-state index in [1.54, 1.807) is 0 Å². The maximum absolute atomic E-state index is 4.56. The van der Waals surface area contributed by atoms with E-state index in [-0.39, 0.29) is 24.0 Å². The molecule has 0 atom stereocenters. The Kier molecular flexibility index (Phi) is 7.12. The van der Waals surface area contributed by atoms with Crippen molar-refractivity contribution in [3.05, 3.63) is 35.9 Å². The van der Waals surface area contributed by atoms with E-state index in [1.165, 1.54) is 5.56 Å². The molecule has 1 aromatic rings. The van der Waals surface area contributed by atoms with Gasteiger partial charge < -0.3 is 9.80 Å². The standard InChI is InChI=1S/C12H19N3.HI/c1-14(2)12(15(3)4)13-10-11-8-6-5-7-9-11;/h5-9H,10H2,1-4H3;1H. The highest BCUT2D eigenvalue weighted by Gasteiger charge is 2.02. The number of hydrogen-bond acceptors (Lipinski definition) is 1. The van der Waals surface area contributed by atoms with Crippen LogP contribution in [0.15, 0.2) is 35.3 Å². The van der Waals surface area contributed by atoms with Gasteiger partial charge in [-0.25, -0.2) is 4.99 Å². The van der Waals surface area contributed by atoms with Crippen LogP contribution in [0.3, 0.4) is 0 Å². The van der Waals surface area contributed by atoms with Crippen molar-refractivity contribution in [2.45, 2.75) is 6.54 Å². The number of rotatable bonds is 2. The first-order valence-electron chi connectivity index (χ1n) is 5.04. The van der Waals surface area contributed by atoms with Crippen LogP contribution in [0.2, 0.25) is 0 Å². The SMILES string of the molecule is CN(C)C(=NCc1ccccc1)N(C)C.I. The van der Waals surface area contributed by atoms with Crippen LogP contribution in [0.25, 0.3) is 0 Å². The lowest BCUT2D eigenvalue weighted by Gasteiger charge is -2.22. The van der Waals surface area contributed by atoms with Gasteiger partial charge in [0.05, 0.1) is 6.54 Å². The van der Waals surface area contributed by atoms with Crippen LogP contribution >= 0.6 is 24.0 Å². The third-order valence-corrected chi connectivity index (χ3v) is 2.05. The molecule has 1 aromatic carbocycles. The lowest BCUT2D eigenvalue weighted by Crippen LogP contribution is -2.35. The zero-order valence-electron chi connectivity index (χ0n) is 10.3. The third kappa shape index (κ3) is 4.83. The summed E-state index contributed by atoms with van der Waals surface area (Å²) >= 11 is 0. The van der Waals surface area contributed by atoms with Crippen molar-refractivity contribution >= 4 is 29.9 Å². The van der Waals surface area contributed by atoms with E-state index in [2.05, 4.69) is 17.1 Å². The lowest BCUT2D eigenvalue weighted by molar-refractivity contribution is 0.479. The van der Waals surface area contributed by atoms with Gasteiger partial charge in [0.1, 0.15) is 0 Å². The Balaban J connectivity index is 0.00000225. The van der Waals surface area contributed by atoms with Gasteiger partial charge in [0.2, 0.25) is 0 Å². The van der Waals surface area contributed by atoms with Crippen molar-refractivity contribution in [1.29, 1.82) is 0 Å². The van der Waals surface area contributed by atoms with Gasteiger partial charge in [-0.3, -0.25) is 0 Å². The molecule has 0 fully saturated rings. The van der Waals surface area contributed by atoms with Gasteiger partial charge in [0.25, 0.3) is 0 Å². The normalized spacial score (nSPS) is 9.00. The van der Waals surface area contributed by atoms with E-state index in [9.17, 15) is 0 Å². The van der Waals surface area contributed by atoms with Gasteiger partial charge in [-0.1, -0.05) is 30.3 Å². The Morgan fingerprint density at radius 1 is 1.00 bits per heavy atom. The second-order valence-corrected chi connectivity index (χ2v) is 3.89. The Morgan fingerprint density at radius 2 is 1.50 bits per heavy atom. The zero-order valence-corrected chi connectivity index (χ0v) is 12.7. The van der Waals surface area contributed by atoms with Crippen LogP contribution < -0.4 is 0 Å². The second-order valence-electron chi connectivity index (χ2n) is 3.89. The molecule has 0 aliphatic rings. The maximum atomic E-state index is 4.56. The number of guanidine groups is 1. The van der Waals surface area contributed by atoms with Crippen molar-refractivity contribution in [3.63, 3.8) is 0 Å². The molecular formula is C12H20IN3. The van der Waals surface area contributed by atoms with Crippen LogP contribution in [-0.2, 0) is 6.54 Å². The quantitative estimate of drug-likeness (QED) is 0.470. The number of nitrogens with zero attached hydrogens (tertiary/aromatic N) is 3. The van der Waals surface area contributed by atoms with Crippen molar-refractivity contribution in [1.82, 2.24) is 9.80 Å². The summed E-state index contributed by atoms with van der Waals surface area (Å²) in [5, 5.41) is 0. The molecule has 0 aliphatic heterocycles. The molecule has 0 heterocycles. The van der Waals surface area contributed by atoms with Gasteiger partial charge in [-0.2, -0.15) is 0 Å². The number of aliphatic imine (C=N–C) groups is 1. The summed E-state index contributed by atoms with van der Waals surface area (Å²) in [6.07, 6.45) is 0. The summed E-state index contributed by atoms with van der Waals surface area (Å²) in [7, 11) is 8.02. The van der Waals surface area contributed by atoms with Crippen molar-refractivity contribution < 1.29 is 0 Å². The minimum absolute atomic E-state index is 0. The molecule has 0 N–H and O–H groups in total. The fourth-order valence-electron chi connectivity index (χ4n) is 1.43. The van der Waals surface area contributed by atoms with Crippen molar-refractivity contribution in [2.75, 3.05) is 28.2 Å². The molecule has 0 radical (unpaired) electrons. The fourth-order valence-corrected chi connectivity index (χ4v) is 1.43. The second kappa shape index (κ2) is 7.49. The van der Waals surface area contributed by atoms with E-state index in [4.69, 9.17) is 0 Å². The molecular weight excluding hydrogens is 313 g/mol. The van der Waals surface area contributed by atoms with E-state index < -0.39 is 0 Å². The highest BCUT2D eigenvalue weighted by Crippen LogP contribution is 2.01. The summed E-state index contributed by atoms with van der Waals surface area (Å²) in [5.74, 6) is 0.985. The molecule has 1 rings (SSSR count). The number of hydrogen-bond donors (Lipinski definition) is 0. The van der Waals surface area contributed by atoms with E-state index in [0.717, 1.165) is 12.5 Å². The highest BCUT2D eigenvalue weighted by atomic mass is 127. The van der Waals surface area contributed by atoms with Gasteiger partial charge in [0, 0.05) is 28.2 Å². The van der Waals surface area contributed by atoms with Crippen molar-refractivity contribution in [2.24, 2.45) is 4.99 Å². The minimum atomic E-state index is 0. The Morgan fingerprint density at radius 3 is 1.94 bits per heavy atom. The van der Waals surface area contributed by atoms with E-state index in [1.807, 2.05) is 56.2 Å². The first kappa shape index (κ1) is 15.2. The predicted octanol–water partition coefficient (Wildman–Crippen LogP) is 2.28. The Bertz CT molecular complexity index is 310. The molecule has 16 heavy (non-hydrogen) atoms. The minimum Gasteiger partial charge on any atom is -0.349 e. The highest BCUT2D eigenvalue weighted by molar-refractivity contribution is 14.0. The van der Waals surface area contributed by atoms with Gasteiger partial charge in [-0.05, 0) is 5.56 Å². The van der Waals surface area contributed by atoms with E-state index >= 15 is 0 Å². The lowest BCUT2D eigenvalue weighted by atomic mass is 10.2. The molecule has 3 nitrogen and oxygen atoms in total. The summed E-state index contributed by atoms with van der Waals surface area (Å²) < 4.78 is 0. The first-order chi connectivity index (χ1) is 7.11. The molecule has 0 aliphatic carbocycles. The van der Waals surface area contributed by atoms with Crippen molar-refractivity contribution in [3.8, 4) is 0 Å². The maximum Gasteiger partial charge on any atom is 0.195 e. The monoisotopic (exact) mass is 333 g/mol. The molecule has 0 saturated heterocycles. The summed E-state index contributed by atoms with van der Waals surface area (Å²) in [6.45, 7) is 0.729. The molecule has 0 aromatic heterocycles. The summed E-state index contributed by atoms with van der Waals surface area (Å²) in [5.41, 5.74) is 1.23. The fraction of sp³-hybridized carbons (Fsp3) is 0.417. The Labute approximate surface area is 115 Å². The average Bonchev–Trinajstić information content (AvgIpc) is 2.18. The predicted molar refractivity (Wildman–Crippen MR) is 80.4 cm³/mol. The summed E-state index contributed by atoms with van der Waals surface area (Å²) in [4.78, 5) is 8.60. The van der Waals surface area contributed by atoms with Gasteiger partial charge in [0.15, 0.2) is 5.96 Å². The Hall–Kier alpha value is -0.780. The molecule has 0 saturated carbocycles. The molecule has 0 unspecified atom stereocenters. The van der Waals surface area contributed by atoms with Gasteiger partial charge >= 0.3 is 0 Å². The molecule has 4 heteroatoms. The first-order valence-corrected chi connectivity index (χ1v) is 5.04. The summed E-state index contributed by atoms with van der Waals surface area (Å²) in [6, 6.07) is 10.3.